The molecule has 1 heterocycles. The molecule has 3 rings (SSSR count). The van der Waals surface area contributed by atoms with Crippen molar-refractivity contribution in [3.63, 3.8) is 0 Å². The molecule has 132 valence electrons. The van der Waals surface area contributed by atoms with Crippen LogP contribution in [0.25, 0.3) is 10.9 Å². The zero-order valence-corrected chi connectivity index (χ0v) is 15.5. The van der Waals surface area contributed by atoms with Crippen molar-refractivity contribution in [2.24, 2.45) is 0 Å². The predicted molar refractivity (Wildman–Crippen MR) is 101 cm³/mol. The van der Waals surface area contributed by atoms with Crippen molar-refractivity contribution in [1.82, 2.24) is 4.98 Å². The molecule has 1 nitrogen and oxygen atoms in total. The van der Waals surface area contributed by atoms with Crippen molar-refractivity contribution in [3.8, 4) is 0 Å². The van der Waals surface area contributed by atoms with Crippen LogP contribution in [0.4, 0.5) is 8.78 Å². The van der Waals surface area contributed by atoms with E-state index in [1.54, 1.807) is 19.1 Å². The monoisotopic (exact) mass is 361 g/mol. The van der Waals surface area contributed by atoms with Crippen LogP contribution in [0.15, 0.2) is 30.3 Å². The van der Waals surface area contributed by atoms with Gasteiger partial charge in [0.2, 0.25) is 0 Å². The number of H-pyrrole nitrogens is 1. The van der Waals surface area contributed by atoms with Gasteiger partial charge in [-0.1, -0.05) is 44.0 Å². The highest BCUT2D eigenvalue weighted by Gasteiger charge is 2.22. The third-order valence-electron chi connectivity index (χ3n) is 4.89. The number of fused-ring (bicyclic) bond motifs is 1. The van der Waals surface area contributed by atoms with Crippen LogP contribution in [0.1, 0.15) is 55.0 Å². The number of hydrogen-bond acceptors (Lipinski definition) is 0. The molecule has 4 heteroatoms. The summed E-state index contributed by atoms with van der Waals surface area (Å²) < 4.78 is 28.5. The van der Waals surface area contributed by atoms with Gasteiger partial charge in [0.1, 0.15) is 0 Å². The Labute approximate surface area is 152 Å². The average molecular weight is 362 g/mol. The maximum Gasteiger partial charge on any atom is 0.162 e. The molecule has 3 aromatic rings. The van der Waals surface area contributed by atoms with E-state index in [0.29, 0.717) is 16.1 Å². The Morgan fingerprint density at radius 1 is 1.12 bits per heavy atom. The molecule has 0 aliphatic carbocycles. The molecule has 25 heavy (non-hydrogen) atoms. The lowest BCUT2D eigenvalue weighted by Crippen LogP contribution is -2.05. The molecule has 2 aromatic carbocycles. The molecule has 0 unspecified atom stereocenters. The zero-order chi connectivity index (χ0) is 18.1. The van der Waals surface area contributed by atoms with Gasteiger partial charge in [0.15, 0.2) is 11.6 Å². The summed E-state index contributed by atoms with van der Waals surface area (Å²) in [5.41, 5.74) is 3.76. The van der Waals surface area contributed by atoms with E-state index in [-0.39, 0.29) is 5.92 Å². The molecule has 0 saturated heterocycles. The van der Waals surface area contributed by atoms with E-state index in [1.807, 2.05) is 25.1 Å². The molecule has 1 atom stereocenters. The van der Waals surface area contributed by atoms with Gasteiger partial charge in [-0.05, 0) is 54.7 Å². The fourth-order valence-electron chi connectivity index (χ4n) is 3.38. The first-order valence-electron chi connectivity index (χ1n) is 8.68. The summed E-state index contributed by atoms with van der Waals surface area (Å²) in [6.45, 7) is 5.62. The Balaban J connectivity index is 2.15. The minimum Gasteiger partial charge on any atom is -0.358 e. The Morgan fingerprint density at radius 3 is 2.60 bits per heavy atom. The molecule has 0 spiro atoms. The minimum atomic E-state index is -0.765. The van der Waals surface area contributed by atoms with Crippen molar-refractivity contribution in [2.45, 2.75) is 46.0 Å². The van der Waals surface area contributed by atoms with Crippen LogP contribution >= 0.6 is 11.6 Å². The highest BCUT2D eigenvalue weighted by molar-refractivity contribution is 6.31. The van der Waals surface area contributed by atoms with Gasteiger partial charge in [-0.15, -0.1) is 0 Å². The maximum atomic E-state index is 14.5. The second kappa shape index (κ2) is 7.17. The van der Waals surface area contributed by atoms with Gasteiger partial charge in [0.05, 0.1) is 0 Å². The van der Waals surface area contributed by atoms with Gasteiger partial charge in [-0.3, -0.25) is 0 Å². The number of nitrogens with one attached hydrogen (secondary N) is 1. The Morgan fingerprint density at radius 2 is 1.88 bits per heavy atom. The predicted octanol–water partition coefficient (Wildman–Crippen LogP) is 6.90. The van der Waals surface area contributed by atoms with Crippen LogP contribution < -0.4 is 0 Å². The molecular formula is C21H22ClF2N. The molecule has 0 saturated carbocycles. The standard InChI is InChI=1S/C21H22ClF2N/c1-4-5-6-16-17-11-14(22)8-10-18(17)25-21(16)13(3)15-9-7-12(2)19(23)20(15)24/h7-11,13,25H,4-6H2,1-3H3/t13-/m0/s1. The number of aromatic nitrogens is 1. The van der Waals surface area contributed by atoms with E-state index >= 15 is 0 Å². The van der Waals surface area contributed by atoms with Crippen LogP contribution in [-0.4, -0.2) is 4.98 Å². The van der Waals surface area contributed by atoms with Gasteiger partial charge in [-0.2, -0.15) is 0 Å². The van der Waals surface area contributed by atoms with Gasteiger partial charge >= 0.3 is 0 Å². The molecule has 0 aliphatic heterocycles. The van der Waals surface area contributed by atoms with E-state index in [1.165, 1.54) is 0 Å². The van der Waals surface area contributed by atoms with E-state index < -0.39 is 11.6 Å². The van der Waals surface area contributed by atoms with Crippen LogP contribution in [0, 0.1) is 18.6 Å². The second-order valence-corrected chi connectivity index (χ2v) is 7.07. The smallest absolute Gasteiger partial charge is 0.162 e. The summed E-state index contributed by atoms with van der Waals surface area (Å²) >= 11 is 6.17. The van der Waals surface area contributed by atoms with Gasteiger partial charge in [0, 0.05) is 27.5 Å². The fourth-order valence-corrected chi connectivity index (χ4v) is 3.56. The third kappa shape index (κ3) is 3.30. The second-order valence-electron chi connectivity index (χ2n) is 6.63. The molecule has 0 bridgehead atoms. The largest absolute Gasteiger partial charge is 0.358 e. The highest BCUT2D eigenvalue weighted by Crippen LogP contribution is 2.35. The van der Waals surface area contributed by atoms with Crippen LogP contribution in [0.2, 0.25) is 5.02 Å². The van der Waals surface area contributed by atoms with Crippen LogP contribution in [-0.2, 0) is 6.42 Å². The summed E-state index contributed by atoms with van der Waals surface area (Å²) in [5, 5.41) is 1.74. The molecule has 0 aliphatic rings. The number of halogens is 3. The van der Waals surface area contributed by atoms with Crippen LogP contribution in [0.5, 0.6) is 0 Å². The van der Waals surface area contributed by atoms with Gasteiger partial charge < -0.3 is 4.98 Å². The lowest BCUT2D eigenvalue weighted by Gasteiger charge is -2.15. The van der Waals surface area contributed by atoms with E-state index in [9.17, 15) is 8.78 Å². The van der Waals surface area contributed by atoms with Crippen LogP contribution in [0.3, 0.4) is 0 Å². The van der Waals surface area contributed by atoms with Gasteiger partial charge in [0.25, 0.3) is 0 Å². The number of aryl methyl sites for hydroxylation is 2. The average Bonchev–Trinajstić information content (AvgIpc) is 2.95. The quantitative estimate of drug-likeness (QED) is 0.508. The molecular weight excluding hydrogens is 340 g/mol. The number of benzene rings is 2. The first-order chi connectivity index (χ1) is 11.9. The highest BCUT2D eigenvalue weighted by atomic mass is 35.5. The van der Waals surface area contributed by atoms with Crippen molar-refractivity contribution in [2.75, 3.05) is 0 Å². The Hall–Kier alpha value is -1.87. The summed E-state index contributed by atoms with van der Waals surface area (Å²) in [6.07, 6.45) is 2.98. The topological polar surface area (TPSA) is 15.8 Å². The Bertz CT molecular complexity index is 914. The fraction of sp³-hybridized carbons (Fsp3) is 0.333. The van der Waals surface area contributed by atoms with Crippen molar-refractivity contribution in [3.05, 3.63) is 69.4 Å². The number of rotatable bonds is 5. The number of unbranched alkanes of at least 4 members (excludes halogenated alkanes) is 1. The zero-order valence-electron chi connectivity index (χ0n) is 14.7. The third-order valence-corrected chi connectivity index (χ3v) is 5.12. The summed E-state index contributed by atoms with van der Waals surface area (Å²) in [7, 11) is 0. The molecule has 0 radical (unpaired) electrons. The Kier molecular flexibility index (Phi) is 5.14. The van der Waals surface area contributed by atoms with E-state index in [2.05, 4.69) is 11.9 Å². The van der Waals surface area contributed by atoms with Crippen molar-refractivity contribution >= 4 is 22.5 Å². The molecule has 1 N–H and O–H groups in total. The first kappa shape index (κ1) is 17.9. The summed E-state index contributed by atoms with van der Waals surface area (Å²) in [6, 6.07) is 9.04. The summed E-state index contributed by atoms with van der Waals surface area (Å²) in [5.74, 6) is -1.79. The summed E-state index contributed by atoms with van der Waals surface area (Å²) in [4.78, 5) is 3.41. The first-order valence-corrected chi connectivity index (χ1v) is 9.06. The molecule has 0 fully saturated rings. The number of aromatic amines is 1. The molecule has 0 amide bonds. The van der Waals surface area contributed by atoms with Crippen molar-refractivity contribution in [1.29, 1.82) is 0 Å². The SMILES string of the molecule is CCCCc1c([C@@H](C)c2ccc(C)c(F)c2F)[nH]c2ccc(Cl)cc12. The normalized spacial score (nSPS) is 12.7. The maximum absolute atomic E-state index is 14.5. The number of hydrogen-bond donors (Lipinski definition) is 1. The lowest BCUT2D eigenvalue weighted by atomic mass is 9.91. The van der Waals surface area contributed by atoms with Gasteiger partial charge in [-0.25, -0.2) is 8.78 Å². The van der Waals surface area contributed by atoms with Crippen molar-refractivity contribution < 1.29 is 8.78 Å². The lowest BCUT2D eigenvalue weighted by molar-refractivity contribution is 0.490. The minimum absolute atomic E-state index is 0.270. The van der Waals surface area contributed by atoms with E-state index in [0.717, 1.165) is 41.4 Å². The molecule has 1 aromatic heterocycles. The van der Waals surface area contributed by atoms with E-state index in [4.69, 9.17) is 11.6 Å².